The van der Waals surface area contributed by atoms with Crippen molar-refractivity contribution in [2.24, 2.45) is 5.92 Å². The fourth-order valence-electron chi connectivity index (χ4n) is 4.24. The Kier molecular flexibility index (Phi) is 8.02. The minimum absolute atomic E-state index is 0.0283. The van der Waals surface area contributed by atoms with Crippen LogP contribution in [0.1, 0.15) is 47.5 Å². The average Bonchev–Trinajstić information content (AvgIpc) is 3.25. The summed E-state index contributed by atoms with van der Waals surface area (Å²) in [6.45, 7) is 10.4. The van der Waals surface area contributed by atoms with Crippen LogP contribution in [0.4, 0.5) is 15.4 Å². The molecular formula is C24H34N8O4. The van der Waals surface area contributed by atoms with Gasteiger partial charge in [0.05, 0.1) is 17.5 Å². The van der Waals surface area contributed by atoms with Crippen molar-refractivity contribution >= 4 is 34.9 Å². The molecule has 2 atom stereocenters. The number of nitriles is 1. The van der Waals surface area contributed by atoms with Crippen molar-refractivity contribution in [3.63, 3.8) is 0 Å². The number of ether oxygens (including phenoxy) is 1. The lowest BCUT2D eigenvalue weighted by molar-refractivity contribution is -0.131. The summed E-state index contributed by atoms with van der Waals surface area (Å²) < 4.78 is 6.66. The predicted molar refractivity (Wildman–Crippen MR) is 133 cm³/mol. The maximum Gasteiger partial charge on any atom is 0.429 e. The minimum atomic E-state index is -0.701. The normalized spacial score (nSPS) is 17.9. The second kappa shape index (κ2) is 10.8. The third kappa shape index (κ3) is 5.84. The molecule has 0 radical (unpaired) electrons. The second-order valence-corrected chi connectivity index (χ2v) is 9.88. The Bertz CT molecular complexity index is 1170. The number of fused-ring (bicyclic) bond motifs is 1. The van der Waals surface area contributed by atoms with Crippen LogP contribution in [0.25, 0.3) is 11.0 Å². The number of nitrogens with one attached hydrogen (secondary N) is 1. The van der Waals surface area contributed by atoms with Gasteiger partial charge in [-0.05, 0) is 46.1 Å². The zero-order chi connectivity index (χ0) is 26.6. The van der Waals surface area contributed by atoms with Crippen LogP contribution in [-0.4, -0.2) is 80.8 Å². The standard InChI is InChI=1S/C24H34N8O4/c1-7-32(23(35)36-24(3,4)5)28-22(34)31-13-10-17-20(26-15-27-21(17)31)29(6)18-14-30(12-9-16(18)2)19(33)8-11-25/h10,13,15-16,18H,7-9,12,14H2,1-6H3,(H,28,34)/t16-,18+/m0/s1. The van der Waals surface area contributed by atoms with Gasteiger partial charge >= 0.3 is 12.1 Å². The number of carbonyl (C=O) groups excluding carboxylic acids is 3. The molecule has 0 bridgehead atoms. The third-order valence-electron chi connectivity index (χ3n) is 6.17. The number of carbonyl (C=O) groups is 3. The molecule has 12 nitrogen and oxygen atoms in total. The average molecular weight is 499 g/mol. The Morgan fingerprint density at radius 2 is 2.03 bits per heavy atom. The van der Waals surface area contributed by atoms with Crippen LogP contribution in [0.5, 0.6) is 0 Å². The van der Waals surface area contributed by atoms with Crippen LogP contribution in [0.15, 0.2) is 18.6 Å². The molecule has 0 unspecified atom stereocenters. The lowest BCUT2D eigenvalue weighted by Gasteiger charge is -2.42. The van der Waals surface area contributed by atoms with Gasteiger partial charge in [-0.15, -0.1) is 0 Å². The van der Waals surface area contributed by atoms with Gasteiger partial charge in [0.2, 0.25) is 5.91 Å². The summed E-state index contributed by atoms with van der Waals surface area (Å²) in [5.41, 5.74) is 2.25. The summed E-state index contributed by atoms with van der Waals surface area (Å²) >= 11 is 0. The SMILES string of the molecule is CCN(NC(=O)n1ccc2c(N(C)[C@@H]3CN(C(=O)CC#N)CC[C@@H]3C)ncnc21)C(=O)OC(C)(C)C. The first-order valence-corrected chi connectivity index (χ1v) is 12.0. The van der Waals surface area contributed by atoms with Crippen molar-refractivity contribution in [2.75, 3.05) is 31.6 Å². The van der Waals surface area contributed by atoms with Crippen molar-refractivity contribution in [2.45, 2.75) is 59.1 Å². The predicted octanol–water partition coefficient (Wildman–Crippen LogP) is 2.75. The molecule has 2 aromatic rings. The first-order valence-electron chi connectivity index (χ1n) is 12.0. The number of piperidine rings is 1. The Morgan fingerprint density at radius 3 is 2.67 bits per heavy atom. The number of aromatic nitrogens is 3. The van der Waals surface area contributed by atoms with Gasteiger partial charge < -0.3 is 14.5 Å². The van der Waals surface area contributed by atoms with Crippen LogP contribution in [0, 0.1) is 17.2 Å². The summed E-state index contributed by atoms with van der Waals surface area (Å²) in [5, 5.41) is 10.7. The van der Waals surface area contributed by atoms with E-state index in [9.17, 15) is 14.4 Å². The first-order chi connectivity index (χ1) is 17.0. The maximum absolute atomic E-state index is 13.0. The molecule has 3 heterocycles. The molecule has 3 amide bonds. The monoisotopic (exact) mass is 498 g/mol. The molecule has 1 N–H and O–H groups in total. The lowest BCUT2D eigenvalue weighted by atomic mass is 9.92. The topological polar surface area (TPSA) is 137 Å². The molecule has 0 spiro atoms. The summed E-state index contributed by atoms with van der Waals surface area (Å²) in [5.74, 6) is 0.727. The number of hydrazine groups is 1. The lowest BCUT2D eigenvalue weighted by Crippen LogP contribution is -2.52. The third-order valence-corrected chi connectivity index (χ3v) is 6.17. The molecule has 3 rings (SSSR count). The van der Waals surface area contributed by atoms with Crippen molar-refractivity contribution in [3.8, 4) is 6.07 Å². The molecule has 1 aliphatic heterocycles. The van der Waals surface area contributed by atoms with E-state index in [4.69, 9.17) is 10.00 Å². The molecule has 12 heteroatoms. The molecule has 194 valence electrons. The molecular weight excluding hydrogens is 464 g/mol. The van der Waals surface area contributed by atoms with Crippen LogP contribution < -0.4 is 10.3 Å². The Morgan fingerprint density at radius 1 is 1.31 bits per heavy atom. The van der Waals surface area contributed by atoms with Gasteiger partial charge in [-0.3, -0.25) is 9.36 Å². The zero-order valence-corrected chi connectivity index (χ0v) is 21.7. The molecule has 1 fully saturated rings. The Balaban J connectivity index is 1.83. The number of hydrogen-bond acceptors (Lipinski definition) is 8. The van der Waals surface area contributed by atoms with E-state index in [1.165, 1.54) is 10.9 Å². The van der Waals surface area contributed by atoms with E-state index in [0.29, 0.717) is 29.9 Å². The number of hydrogen-bond donors (Lipinski definition) is 1. The fraction of sp³-hybridized carbons (Fsp3) is 0.583. The molecule has 2 aromatic heterocycles. The largest absolute Gasteiger partial charge is 0.442 e. The number of rotatable bonds is 4. The highest BCUT2D eigenvalue weighted by Gasteiger charge is 2.33. The van der Waals surface area contributed by atoms with E-state index >= 15 is 0 Å². The van der Waals surface area contributed by atoms with E-state index in [-0.39, 0.29) is 30.8 Å². The first kappa shape index (κ1) is 26.7. The molecule has 0 aromatic carbocycles. The summed E-state index contributed by atoms with van der Waals surface area (Å²) in [7, 11) is 1.90. The van der Waals surface area contributed by atoms with Gasteiger partial charge in [0, 0.05) is 32.9 Å². The van der Waals surface area contributed by atoms with Gasteiger partial charge in [-0.25, -0.2) is 30.0 Å². The van der Waals surface area contributed by atoms with Crippen LogP contribution in [0.3, 0.4) is 0 Å². The van der Waals surface area contributed by atoms with Crippen LogP contribution >= 0.6 is 0 Å². The highest BCUT2D eigenvalue weighted by atomic mass is 16.6. The van der Waals surface area contributed by atoms with Gasteiger partial charge in [0.25, 0.3) is 0 Å². The number of anilines is 1. The van der Waals surface area contributed by atoms with Gasteiger partial charge in [0.15, 0.2) is 5.65 Å². The molecule has 0 aliphatic carbocycles. The Labute approximate surface area is 210 Å². The maximum atomic E-state index is 13.0. The van der Waals surface area contributed by atoms with Crippen LogP contribution in [0.2, 0.25) is 0 Å². The van der Waals surface area contributed by atoms with Gasteiger partial charge in [0.1, 0.15) is 24.2 Å². The van der Waals surface area contributed by atoms with E-state index in [0.717, 1.165) is 11.4 Å². The Hall–Kier alpha value is -3.88. The smallest absolute Gasteiger partial charge is 0.429 e. The minimum Gasteiger partial charge on any atom is -0.442 e. The van der Waals surface area contributed by atoms with E-state index in [1.54, 1.807) is 44.9 Å². The molecule has 0 saturated carbocycles. The number of nitrogens with zero attached hydrogens (tertiary/aromatic N) is 7. The highest BCUT2D eigenvalue weighted by molar-refractivity contribution is 5.95. The van der Waals surface area contributed by atoms with Crippen molar-refractivity contribution in [3.05, 3.63) is 18.6 Å². The number of likely N-dealkylation sites (N-methyl/N-ethyl adjacent to an activating group) is 1. The zero-order valence-electron chi connectivity index (χ0n) is 21.7. The molecule has 1 aliphatic rings. The number of amides is 3. The molecule has 1 saturated heterocycles. The summed E-state index contributed by atoms with van der Waals surface area (Å²) in [6.07, 6.45) is 2.96. The van der Waals surface area contributed by atoms with E-state index in [2.05, 4.69) is 22.3 Å². The highest BCUT2D eigenvalue weighted by Crippen LogP contribution is 2.29. The molecule has 36 heavy (non-hydrogen) atoms. The van der Waals surface area contributed by atoms with Crippen LogP contribution in [-0.2, 0) is 9.53 Å². The number of likely N-dealkylation sites (tertiary alicyclic amines) is 1. The fourth-order valence-corrected chi connectivity index (χ4v) is 4.24. The van der Waals surface area contributed by atoms with Gasteiger partial charge in [-0.2, -0.15) is 5.26 Å². The summed E-state index contributed by atoms with van der Waals surface area (Å²) in [4.78, 5) is 50.3. The van der Waals surface area contributed by atoms with Crippen molar-refractivity contribution < 1.29 is 19.1 Å². The van der Waals surface area contributed by atoms with Crippen molar-refractivity contribution in [1.29, 1.82) is 5.26 Å². The van der Waals surface area contributed by atoms with E-state index in [1.807, 2.05) is 18.0 Å². The second-order valence-electron chi connectivity index (χ2n) is 9.88. The van der Waals surface area contributed by atoms with E-state index < -0.39 is 17.7 Å². The summed E-state index contributed by atoms with van der Waals surface area (Å²) in [6, 6.07) is 3.08. The van der Waals surface area contributed by atoms with Gasteiger partial charge in [-0.1, -0.05) is 6.92 Å². The quantitative estimate of drug-likeness (QED) is 0.636. The van der Waals surface area contributed by atoms with Crippen molar-refractivity contribution in [1.82, 2.24) is 29.9 Å².